The van der Waals surface area contributed by atoms with Crippen LogP contribution in [0.2, 0.25) is 0 Å². The highest BCUT2D eigenvalue weighted by Gasteiger charge is 2.33. The lowest BCUT2D eigenvalue weighted by Gasteiger charge is -2.29. The van der Waals surface area contributed by atoms with Gasteiger partial charge in [-0.2, -0.15) is 4.73 Å². The van der Waals surface area contributed by atoms with Crippen molar-refractivity contribution in [2.24, 2.45) is 17.8 Å². The van der Waals surface area contributed by atoms with Crippen molar-refractivity contribution in [2.45, 2.75) is 124 Å². The summed E-state index contributed by atoms with van der Waals surface area (Å²) in [6.45, 7) is 14.1. The van der Waals surface area contributed by atoms with E-state index in [9.17, 15) is 29.2 Å². The molecule has 0 radical (unpaired) electrons. The first-order valence-electron chi connectivity index (χ1n) is 17.2. The van der Waals surface area contributed by atoms with E-state index in [1.54, 1.807) is 6.92 Å². The van der Waals surface area contributed by atoms with Crippen LogP contribution in [-0.2, 0) is 19.2 Å². The van der Waals surface area contributed by atoms with Gasteiger partial charge in [-0.25, -0.2) is 0 Å². The molecule has 6 N–H and O–H groups in total. The summed E-state index contributed by atoms with van der Waals surface area (Å²) in [4.78, 5) is 65.5. The standard InChI is InChI=1S/C34H57N7O6/c1-8-11-27(38-34(46)29(22(6)9-2)40-31(43)25-14-16-41(47)17-15-25)33(45)37-26(18-21(4)5)20-36-23(7)30(42)39-28(19-24-12-13-24)32(44)35-10-3/h14-17,21-24,26-29,36H,8-13,18-20H2,1-7H3,(H,35,44)(H,37,45)(H,38,46)(H,39,42)(H,40,43)/t22-,23-,26-,27-,28-,29-/m0/s1. The van der Waals surface area contributed by atoms with E-state index in [1.165, 1.54) is 24.5 Å². The van der Waals surface area contributed by atoms with Crippen molar-refractivity contribution in [2.75, 3.05) is 13.1 Å². The van der Waals surface area contributed by atoms with Crippen molar-refractivity contribution >= 4 is 29.5 Å². The number of nitrogens with zero attached hydrogens (tertiary/aromatic N) is 1. The van der Waals surface area contributed by atoms with E-state index in [0.29, 0.717) is 55.8 Å². The fraction of sp³-hybridized carbons (Fsp3) is 0.706. The third-order valence-electron chi connectivity index (χ3n) is 8.47. The maximum absolute atomic E-state index is 13.6. The molecule has 5 amide bonds. The molecule has 0 unspecified atom stereocenters. The molecule has 6 atom stereocenters. The first kappa shape index (κ1) is 39.4. The van der Waals surface area contributed by atoms with Crippen molar-refractivity contribution in [3.63, 3.8) is 0 Å². The number of rotatable bonds is 21. The summed E-state index contributed by atoms with van der Waals surface area (Å²) in [6, 6.07) is -0.476. The maximum Gasteiger partial charge on any atom is 0.252 e. The molecule has 0 saturated heterocycles. The quantitative estimate of drug-likeness (QED) is 0.0857. The SMILES string of the molecule is CCC[C@H](NC(=O)[C@@H](NC(=O)c1cc[n+]([O-])cc1)[C@@H](C)CC)C(=O)N[C@H](CN[C@@H](C)C(=O)N[C@@H](CC1CC1)C(=O)NCC)CC(C)C. The first-order valence-corrected chi connectivity index (χ1v) is 17.2. The predicted molar refractivity (Wildman–Crippen MR) is 180 cm³/mol. The van der Waals surface area contributed by atoms with Crippen LogP contribution in [0, 0.1) is 23.0 Å². The first-order chi connectivity index (χ1) is 22.3. The van der Waals surface area contributed by atoms with E-state index in [2.05, 4.69) is 31.9 Å². The molecule has 1 heterocycles. The Labute approximate surface area is 279 Å². The highest BCUT2D eigenvalue weighted by Crippen LogP contribution is 2.33. The van der Waals surface area contributed by atoms with Gasteiger partial charge in [-0.3, -0.25) is 24.0 Å². The normalized spacial score (nSPS) is 16.6. The molecule has 13 heteroatoms. The van der Waals surface area contributed by atoms with Gasteiger partial charge in [0.15, 0.2) is 12.4 Å². The second-order valence-electron chi connectivity index (χ2n) is 13.2. The van der Waals surface area contributed by atoms with E-state index in [1.807, 2.05) is 41.5 Å². The molecule has 13 nitrogen and oxygen atoms in total. The smallest absolute Gasteiger partial charge is 0.252 e. The molecule has 264 valence electrons. The molecule has 1 saturated carbocycles. The Kier molecular flexibility index (Phi) is 16.6. The van der Waals surface area contributed by atoms with Gasteiger partial charge < -0.3 is 37.1 Å². The third-order valence-corrected chi connectivity index (χ3v) is 8.47. The van der Waals surface area contributed by atoms with Crippen LogP contribution < -0.4 is 36.6 Å². The van der Waals surface area contributed by atoms with Gasteiger partial charge in [0.2, 0.25) is 23.6 Å². The van der Waals surface area contributed by atoms with Crippen molar-refractivity contribution in [3.8, 4) is 0 Å². The highest BCUT2D eigenvalue weighted by atomic mass is 16.5. The van der Waals surface area contributed by atoms with Crippen LogP contribution in [0.5, 0.6) is 0 Å². The van der Waals surface area contributed by atoms with Crippen LogP contribution in [0.15, 0.2) is 24.5 Å². The van der Waals surface area contributed by atoms with Gasteiger partial charge in [-0.1, -0.05) is 60.3 Å². The Bertz CT molecular complexity index is 1170. The summed E-state index contributed by atoms with van der Waals surface area (Å²) in [6.07, 6.45) is 7.45. The molecule has 0 aromatic carbocycles. The Morgan fingerprint density at radius 3 is 2.04 bits per heavy atom. The van der Waals surface area contributed by atoms with Crippen molar-refractivity contribution in [1.29, 1.82) is 0 Å². The number of likely N-dealkylation sites (N-methyl/N-ethyl adjacent to an activating group) is 1. The number of carbonyl (C=O) groups is 5. The Morgan fingerprint density at radius 2 is 1.49 bits per heavy atom. The second kappa shape index (κ2) is 19.8. The van der Waals surface area contributed by atoms with E-state index in [4.69, 9.17) is 0 Å². The largest absolute Gasteiger partial charge is 0.619 e. The Balaban J connectivity index is 2.06. The fourth-order valence-corrected chi connectivity index (χ4v) is 5.30. The van der Waals surface area contributed by atoms with Gasteiger partial charge in [-0.05, 0) is 50.9 Å². The van der Waals surface area contributed by atoms with Gasteiger partial charge in [0, 0.05) is 31.3 Å². The number of aromatic nitrogens is 1. The predicted octanol–water partition coefficient (Wildman–Crippen LogP) is 1.68. The molecule has 1 aromatic rings. The molecular formula is C34H57N7O6. The zero-order chi connectivity index (χ0) is 35.1. The van der Waals surface area contributed by atoms with Crippen LogP contribution >= 0.6 is 0 Å². The zero-order valence-electron chi connectivity index (χ0n) is 29.2. The Morgan fingerprint density at radius 1 is 0.851 bits per heavy atom. The van der Waals surface area contributed by atoms with Crippen LogP contribution in [0.3, 0.4) is 0 Å². The lowest BCUT2D eigenvalue weighted by atomic mass is 9.97. The monoisotopic (exact) mass is 659 g/mol. The van der Waals surface area contributed by atoms with Gasteiger partial charge in [-0.15, -0.1) is 0 Å². The van der Waals surface area contributed by atoms with Gasteiger partial charge in [0.1, 0.15) is 18.1 Å². The van der Waals surface area contributed by atoms with E-state index >= 15 is 0 Å². The summed E-state index contributed by atoms with van der Waals surface area (Å²) in [5, 5.41) is 29.0. The van der Waals surface area contributed by atoms with Gasteiger partial charge >= 0.3 is 0 Å². The average Bonchev–Trinajstić information content (AvgIpc) is 3.85. The molecular weight excluding hydrogens is 602 g/mol. The fourth-order valence-electron chi connectivity index (χ4n) is 5.30. The molecule has 1 aliphatic carbocycles. The summed E-state index contributed by atoms with van der Waals surface area (Å²) in [7, 11) is 0. The molecule has 1 aromatic heterocycles. The van der Waals surface area contributed by atoms with Gasteiger partial charge in [0.25, 0.3) is 5.91 Å². The van der Waals surface area contributed by atoms with E-state index in [0.717, 1.165) is 12.8 Å². The minimum Gasteiger partial charge on any atom is -0.619 e. The number of hydrogen-bond donors (Lipinski definition) is 6. The molecule has 0 aliphatic heterocycles. The molecule has 47 heavy (non-hydrogen) atoms. The highest BCUT2D eigenvalue weighted by molar-refractivity contribution is 5.98. The number of carbonyl (C=O) groups excluding carboxylic acids is 5. The van der Waals surface area contributed by atoms with Crippen LogP contribution in [0.1, 0.15) is 104 Å². The molecule has 2 rings (SSSR count). The molecule has 0 bridgehead atoms. The minimum atomic E-state index is -0.894. The number of amides is 5. The summed E-state index contributed by atoms with van der Waals surface area (Å²) in [5.41, 5.74) is 0.246. The Hall–Kier alpha value is -3.74. The number of hydrogen-bond acceptors (Lipinski definition) is 7. The topological polar surface area (TPSA) is 184 Å². The zero-order valence-corrected chi connectivity index (χ0v) is 29.2. The average molecular weight is 660 g/mol. The van der Waals surface area contributed by atoms with Crippen LogP contribution in [-0.4, -0.2) is 72.8 Å². The minimum absolute atomic E-state index is 0.180. The van der Waals surface area contributed by atoms with Crippen LogP contribution in [0.4, 0.5) is 0 Å². The summed E-state index contributed by atoms with van der Waals surface area (Å²) >= 11 is 0. The maximum atomic E-state index is 13.6. The third kappa shape index (κ3) is 13.9. The lowest BCUT2D eigenvalue weighted by Crippen LogP contribution is -2.58. The van der Waals surface area contributed by atoms with Gasteiger partial charge in [0.05, 0.1) is 11.6 Å². The van der Waals surface area contributed by atoms with E-state index < -0.39 is 36.0 Å². The molecule has 0 spiro atoms. The van der Waals surface area contributed by atoms with E-state index in [-0.39, 0.29) is 41.2 Å². The number of pyridine rings is 1. The summed E-state index contributed by atoms with van der Waals surface area (Å²) in [5.74, 6) is -1.29. The summed E-state index contributed by atoms with van der Waals surface area (Å²) < 4.78 is 0.570. The lowest BCUT2D eigenvalue weighted by molar-refractivity contribution is -0.605. The number of nitrogens with one attached hydrogen (secondary N) is 6. The van der Waals surface area contributed by atoms with Crippen molar-refractivity contribution in [3.05, 3.63) is 35.3 Å². The molecule has 1 aliphatic rings. The van der Waals surface area contributed by atoms with Crippen molar-refractivity contribution in [1.82, 2.24) is 31.9 Å². The van der Waals surface area contributed by atoms with Crippen LogP contribution in [0.25, 0.3) is 0 Å². The van der Waals surface area contributed by atoms with Crippen molar-refractivity contribution < 1.29 is 28.7 Å². The second-order valence-corrected chi connectivity index (χ2v) is 13.2. The molecule has 1 fully saturated rings.